The summed E-state index contributed by atoms with van der Waals surface area (Å²) in [4.78, 5) is 37.4. The molecule has 9 heteroatoms. The van der Waals surface area contributed by atoms with Crippen LogP contribution in [0, 0.1) is 5.92 Å². The number of hydrogen-bond acceptors (Lipinski definition) is 8. The Hall–Kier alpha value is -2.88. The van der Waals surface area contributed by atoms with Crippen LogP contribution in [0.15, 0.2) is 36.7 Å². The number of nitrogens with one attached hydrogen (secondary N) is 2. The first-order valence-corrected chi connectivity index (χ1v) is 12.8. The van der Waals surface area contributed by atoms with Crippen molar-refractivity contribution >= 4 is 18.0 Å². The summed E-state index contributed by atoms with van der Waals surface area (Å²) in [7, 11) is 0. The molecule has 1 fully saturated rings. The number of aromatic nitrogens is 2. The fourth-order valence-electron chi connectivity index (χ4n) is 5.06. The lowest BCUT2D eigenvalue weighted by Gasteiger charge is -2.35. The molecule has 3 N–H and O–H groups in total. The van der Waals surface area contributed by atoms with E-state index in [9.17, 15) is 14.7 Å². The maximum absolute atomic E-state index is 12.8. The Bertz CT molecular complexity index is 1030. The number of fused-ring (bicyclic) bond motifs is 1. The van der Waals surface area contributed by atoms with Crippen LogP contribution in [0.2, 0.25) is 0 Å². The molecule has 1 saturated heterocycles. The SMILES string of the molecule is CC(C)(O)CN1CCC(Nc2cc(C(=O)NCC(C=O)CN3CCc4ccccc4C3)ncn2)CC1. The second-order valence-corrected chi connectivity index (χ2v) is 10.7. The van der Waals surface area contributed by atoms with Crippen molar-refractivity contribution in [2.45, 2.75) is 51.3 Å². The van der Waals surface area contributed by atoms with Gasteiger partial charge >= 0.3 is 0 Å². The summed E-state index contributed by atoms with van der Waals surface area (Å²) in [6.07, 6.45) is 5.16. The van der Waals surface area contributed by atoms with Gasteiger partial charge < -0.3 is 25.4 Å². The second-order valence-electron chi connectivity index (χ2n) is 10.7. The Morgan fingerprint density at radius 3 is 2.64 bits per heavy atom. The molecule has 36 heavy (non-hydrogen) atoms. The number of aliphatic hydroxyl groups is 1. The molecule has 2 aliphatic heterocycles. The molecule has 1 unspecified atom stereocenters. The van der Waals surface area contributed by atoms with Crippen molar-refractivity contribution in [1.29, 1.82) is 0 Å². The summed E-state index contributed by atoms with van der Waals surface area (Å²) in [6, 6.07) is 10.3. The maximum Gasteiger partial charge on any atom is 0.270 e. The van der Waals surface area contributed by atoms with E-state index in [1.807, 2.05) is 19.9 Å². The Kier molecular flexibility index (Phi) is 8.66. The first kappa shape index (κ1) is 26.2. The zero-order chi connectivity index (χ0) is 25.5. The number of anilines is 1. The Labute approximate surface area is 213 Å². The number of β-amino-alcohol motifs (C(OH)–C–C–N with tert-alkyl or cyclic N) is 1. The summed E-state index contributed by atoms with van der Waals surface area (Å²) < 4.78 is 0. The van der Waals surface area contributed by atoms with Crippen LogP contribution in [0.3, 0.4) is 0 Å². The normalized spacial score (nSPS) is 18.3. The van der Waals surface area contributed by atoms with Gasteiger partial charge in [0.25, 0.3) is 5.91 Å². The lowest BCUT2D eigenvalue weighted by molar-refractivity contribution is -0.111. The van der Waals surface area contributed by atoms with Crippen LogP contribution in [0.1, 0.15) is 48.3 Å². The fourth-order valence-corrected chi connectivity index (χ4v) is 5.06. The van der Waals surface area contributed by atoms with Gasteiger partial charge in [-0.15, -0.1) is 0 Å². The van der Waals surface area contributed by atoms with Crippen molar-refractivity contribution in [3.63, 3.8) is 0 Å². The van der Waals surface area contributed by atoms with Crippen molar-refractivity contribution in [3.05, 3.63) is 53.5 Å². The molecule has 2 aromatic rings. The number of piperidine rings is 1. The molecule has 1 aromatic carbocycles. The van der Waals surface area contributed by atoms with E-state index in [4.69, 9.17) is 0 Å². The molecule has 1 amide bonds. The molecule has 0 aliphatic carbocycles. The molecular weight excluding hydrogens is 456 g/mol. The van der Waals surface area contributed by atoms with Crippen LogP contribution in [-0.2, 0) is 17.8 Å². The van der Waals surface area contributed by atoms with Gasteiger partial charge in [0.15, 0.2) is 0 Å². The predicted octanol–water partition coefficient (Wildman–Crippen LogP) is 1.73. The minimum Gasteiger partial charge on any atom is -0.389 e. The Balaban J connectivity index is 1.24. The fraction of sp³-hybridized carbons (Fsp3) is 0.556. The highest BCUT2D eigenvalue weighted by molar-refractivity contribution is 5.92. The van der Waals surface area contributed by atoms with Crippen LogP contribution in [0.5, 0.6) is 0 Å². The molecule has 0 saturated carbocycles. The average Bonchev–Trinajstić information content (AvgIpc) is 2.86. The molecule has 0 spiro atoms. The van der Waals surface area contributed by atoms with Gasteiger partial charge in [0, 0.05) is 63.8 Å². The third kappa shape index (κ3) is 7.56. The average molecular weight is 495 g/mol. The number of hydrogen-bond donors (Lipinski definition) is 3. The smallest absolute Gasteiger partial charge is 0.270 e. The topological polar surface area (TPSA) is 111 Å². The van der Waals surface area contributed by atoms with Crippen molar-refractivity contribution in [2.75, 3.05) is 44.6 Å². The number of nitrogens with zero attached hydrogens (tertiary/aromatic N) is 4. The summed E-state index contributed by atoms with van der Waals surface area (Å²) in [6.45, 7) is 8.73. The third-order valence-electron chi connectivity index (χ3n) is 6.87. The minimum atomic E-state index is -0.697. The van der Waals surface area contributed by atoms with Crippen molar-refractivity contribution in [2.24, 2.45) is 5.92 Å². The van der Waals surface area contributed by atoms with E-state index < -0.39 is 5.60 Å². The summed E-state index contributed by atoms with van der Waals surface area (Å²) >= 11 is 0. The van der Waals surface area contributed by atoms with E-state index in [-0.39, 0.29) is 30.1 Å². The number of amides is 1. The highest BCUT2D eigenvalue weighted by atomic mass is 16.3. The first-order valence-electron chi connectivity index (χ1n) is 12.8. The summed E-state index contributed by atoms with van der Waals surface area (Å²) in [5.74, 6) is 0.0269. The zero-order valence-corrected chi connectivity index (χ0v) is 21.3. The lowest BCUT2D eigenvalue weighted by atomic mass is 9.99. The molecule has 4 rings (SSSR count). The van der Waals surface area contributed by atoms with Gasteiger partial charge in [0.1, 0.15) is 24.1 Å². The second kappa shape index (κ2) is 11.9. The monoisotopic (exact) mass is 494 g/mol. The van der Waals surface area contributed by atoms with E-state index in [0.717, 1.165) is 51.7 Å². The zero-order valence-electron chi connectivity index (χ0n) is 21.3. The van der Waals surface area contributed by atoms with Crippen LogP contribution >= 0.6 is 0 Å². The summed E-state index contributed by atoms with van der Waals surface area (Å²) in [5.41, 5.74) is 2.26. The van der Waals surface area contributed by atoms with E-state index in [1.165, 1.54) is 17.5 Å². The Morgan fingerprint density at radius 1 is 1.17 bits per heavy atom. The number of carbonyl (C=O) groups excluding carboxylic acids is 2. The number of carbonyl (C=O) groups is 2. The molecule has 3 heterocycles. The third-order valence-corrected chi connectivity index (χ3v) is 6.87. The Morgan fingerprint density at radius 2 is 1.92 bits per heavy atom. The number of benzene rings is 1. The van der Waals surface area contributed by atoms with E-state index in [0.29, 0.717) is 18.9 Å². The molecule has 194 valence electrons. The molecule has 0 radical (unpaired) electrons. The molecular formula is C27H38N6O3. The minimum absolute atomic E-state index is 0.253. The van der Waals surface area contributed by atoms with E-state index in [2.05, 4.69) is 48.6 Å². The van der Waals surface area contributed by atoms with Gasteiger partial charge in [-0.1, -0.05) is 24.3 Å². The molecule has 1 atom stereocenters. The molecule has 2 aliphatic rings. The molecule has 0 bridgehead atoms. The van der Waals surface area contributed by atoms with E-state index in [1.54, 1.807) is 6.07 Å². The van der Waals surface area contributed by atoms with Crippen LogP contribution in [0.25, 0.3) is 0 Å². The van der Waals surface area contributed by atoms with Crippen LogP contribution in [0.4, 0.5) is 5.82 Å². The van der Waals surface area contributed by atoms with Crippen LogP contribution in [-0.4, -0.2) is 88.0 Å². The maximum atomic E-state index is 12.8. The van der Waals surface area contributed by atoms with Gasteiger partial charge in [-0.25, -0.2) is 9.97 Å². The quantitative estimate of drug-likeness (QED) is 0.429. The number of aldehydes is 1. The molecule has 1 aromatic heterocycles. The van der Waals surface area contributed by atoms with Crippen molar-refractivity contribution in [1.82, 2.24) is 25.1 Å². The largest absolute Gasteiger partial charge is 0.389 e. The van der Waals surface area contributed by atoms with Gasteiger partial charge in [0.05, 0.1) is 5.60 Å². The number of likely N-dealkylation sites (tertiary alicyclic amines) is 1. The predicted molar refractivity (Wildman–Crippen MR) is 139 cm³/mol. The van der Waals surface area contributed by atoms with Gasteiger partial charge in [-0.05, 0) is 44.2 Å². The standard InChI is InChI=1S/C27H38N6O3/c1-27(2,36)18-32-11-8-23(9-12-32)31-25-13-24(29-19-30-25)26(35)28-14-20(17-34)15-33-10-7-21-5-3-4-6-22(21)16-33/h3-6,13,17,19-20,23,36H,7-12,14-16,18H2,1-2H3,(H,28,35)(H,29,30,31). The highest BCUT2D eigenvalue weighted by Crippen LogP contribution is 2.20. The lowest BCUT2D eigenvalue weighted by Crippen LogP contribution is -2.45. The van der Waals surface area contributed by atoms with Crippen LogP contribution < -0.4 is 10.6 Å². The van der Waals surface area contributed by atoms with Crippen molar-refractivity contribution in [3.8, 4) is 0 Å². The van der Waals surface area contributed by atoms with E-state index >= 15 is 0 Å². The molecule has 9 nitrogen and oxygen atoms in total. The number of rotatable bonds is 10. The van der Waals surface area contributed by atoms with Gasteiger partial charge in [-0.3, -0.25) is 9.69 Å². The summed E-state index contributed by atoms with van der Waals surface area (Å²) in [5, 5.41) is 16.3. The highest BCUT2D eigenvalue weighted by Gasteiger charge is 2.24. The van der Waals surface area contributed by atoms with Crippen molar-refractivity contribution < 1.29 is 14.7 Å². The van der Waals surface area contributed by atoms with Gasteiger partial charge in [0.2, 0.25) is 0 Å². The first-order chi connectivity index (χ1) is 17.3. The van der Waals surface area contributed by atoms with Gasteiger partial charge in [-0.2, -0.15) is 0 Å².